The minimum absolute atomic E-state index is 0.0904. The van der Waals surface area contributed by atoms with E-state index in [-0.39, 0.29) is 5.56 Å². The number of halogens is 1. The van der Waals surface area contributed by atoms with Gasteiger partial charge in [0.2, 0.25) is 0 Å². The molecule has 0 atom stereocenters. The Balaban J connectivity index is 3.14. The fourth-order valence-electron chi connectivity index (χ4n) is 1.79. The Morgan fingerprint density at radius 3 is 1.88 bits per heavy atom. The maximum Gasteiger partial charge on any atom is 0.420 e. The topological polar surface area (TPSA) is 99.0 Å². The first kappa shape index (κ1) is 21.3. The van der Waals surface area contributed by atoms with Gasteiger partial charge in [0.15, 0.2) is 0 Å². The van der Waals surface area contributed by atoms with E-state index in [0.717, 1.165) is 18.2 Å². The minimum Gasteiger partial charge on any atom is -0.443 e. The van der Waals surface area contributed by atoms with Crippen molar-refractivity contribution in [1.82, 2.24) is 4.90 Å². The number of hydrogen-bond acceptors (Lipinski definition) is 6. The first-order chi connectivity index (χ1) is 11.7. The molecule has 0 heterocycles. The van der Waals surface area contributed by atoms with Gasteiger partial charge in [-0.15, -0.1) is 0 Å². The quantitative estimate of drug-likeness (QED) is 0.577. The van der Waals surface area contributed by atoms with Crippen LogP contribution in [0, 0.1) is 15.9 Å². The fraction of sp³-hybridized carbons (Fsp3) is 0.529. The van der Waals surface area contributed by atoms with E-state index >= 15 is 0 Å². The molecule has 0 N–H and O–H groups in total. The van der Waals surface area contributed by atoms with Gasteiger partial charge >= 0.3 is 12.2 Å². The molecule has 1 rings (SSSR count). The summed E-state index contributed by atoms with van der Waals surface area (Å²) in [5.41, 5.74) is -2.30. The number of benzene rings is 1. The fourth-order valence-corrected chi connectivity index (χ4v) is 1.79. The van der Waals surface area contributed by atoms with Gasteiger partial charge < -0.3 is 9.47 Å². The number of nitro groups is 1. The molecule has 0 saturated carbocycles. The van der Waals surface area contributed by atoms with Gasteiger partial charge in [-0.3, -0.25) is 10.1 Å². The van der Waals surface area contributed by atoms with Gasteiger partial charge in [0.05, 0.1) is 17.5 Å². The highest BCUT2D eigenvalue weighted by Crippen LogP contribution is 2.21. The maximum absolute atomic E-state index is 14.1. The standard InChI is InChI=1S/C17H23FN2O6/c1-16(2,3)25-14(21)19(15(22)26-17(4,5)6)10-11-7-8-12(20(23)24)9-13(11)18/h7-9H,10H2,1-6H3. The molecule has 2 amide bonds. The number of hydrogen-bond donors (Lipinski definition) is 0. The predicted molar refractivity (Wildman–Crippen MR) is 91.1 cm³/mol. The molecule has 0 spiro atoms. The normalized spacial score (nSPS) is 11.7. The monoisotopic (exact) mass is 370 g/mol. The van der Waals surface area contributed by atoms with E-state index in [1.54, 1.807) is 41.5 Å². The highest BCUT2D eigenvalue weighted by molar-refractivity contribution is 5.88. The lowest BCUT2D eigenvalue weighted by atomic mass is 10.1. The summed E-state index contributed by atoms with van der Waals surface area (Å²) in [6.45, 7) is 9.20. The molecule has 0 bridgehead atoms. The Bertz CT molecular complexity index is 678. The second kappa shape index (κ2) is 7.67. The van der Waals surface area contributed by atoms with Crippen molar-refractivity contribution in [2.45, 2.75) is 59.3 Å². The first-order valence-electron chi connectivity index (χ1n) is 7.86. The van der Waals surface area contributed by atoms with Crippen LogP contribution in [0.1, 0.15) is 47.1 Å². The zero-order valence-electron chi connectivity index (χ0n) is 15.7. The third-order valence-electron chi connectivity index (χ3n) is 2.80. The lowest BCUT2D eigenvalue weighted by Crippen LogP contribution is -2.43. The van der Waals surface area contributed by atoms with Crippen LogP contribution in [-0.4, -0.2) is 33.2 Å². The second-order valence-corrected chi connectivity index (χ2v) is 7.58. The van der Waals surface area contributed by atoms with Crippen LogP contribution in [0.4, 0.5) is 19.7 Å². The van der Waals surface area contributed by atoms with E-state index in [1.807, 2.05) is 0 Å². The molecule has 144 valence electrons. The average Bonchev–Trinajstić information content (AvgIpc) is 2.41. The molecule has 9 heteroatoms. The highest BCUT2D eigenvalue weighted by atomic mass is 19.1. The van der Waals surface area contributed by atoms with Crippen LogP contribution < -0.4 is 0 Å². The number of rotatable bonds is 3. The Kier molecular flexibility index (Phi) is 6.29. The Hall–Kier alpha value is -2.71. The van der Waals surface area contributed by atoms with E-state index in [0.29, 0.717) is 4.90 Å². The van der Waals surface area contributed by atoms with E-state index in [9.17, 15) is 24.1 Å². The number of amides is 2. The summed E-state index contributed by atoms with van der Waals surface area (Å²) in [4.78, 5) is 35.3. The van der Waals surface area contributed by atoms with Gasteiger partial charge in [0.1, 0.15) is 17.0 Å². The van der Waals surface area contributed by atoms with Gasteiger partial charge in [-0.05, 0) is 47.6 Å². The lowest BCUT2D eigenvalue weighted by Gasteiger charge is -2.28. The SMILES string of the molecule is CC(C)(C)OC(=O)N(Cc1ccc([N+](=O)[O-])cc1F)C(=O)OC(C)(C)C. The predicted octanol–water partition coefficient (Wildman–Crippen LogP) is 4.41. The van der Waals surface area contributed by atoms with Crippen LogP contribution in [0.25, 0.3) is 0 Å². The van der Waals surface area contributed by atoms with Crippen LogP contribution in [0.5, 0.6) is 0 Å². The molecule has 1 aromatic rings. The van der Waals surface area contributed by atoms with Crippen LogP contribution >= 0.6 is 0 Å². The van der Waals surface area contributed by atoms with Crippen molar-refractivity contribution in [1.29, 1.82) is 0 Å². The molecule has 0 saturated heterocycles. The summed E-state index contributed by atoms with van der Waals surface area (Å²) >= 11 is 0. The number of ether oxygens (including phenoxy) is 2. The largest absolute Gasteiger partial charge is 0.443 e. The van der Waals surface area contributed by atoms with E-state index in [1.165, 1.54) is 0 Å². The highest BCUT2D eigenvalue weighted by Gasteiger charge is 2.32. The molecule has 0 unspecified atom stereocenters. The van der Waals surface area contributed by atoms with Crippen molar-refractivity contribution in [3.63, 3.8) is 0 Å². The minimum atomic E-state index is -1.01. The molecule has 0 aliphatic carbocycles. The molecule has 0 aliphatic rings. The number of nitro benzene ring substituents is 1. The van der Waals surface area contributed by atoms with Crippen molar-refractivity contribution in [3.05, 3.63) is 39.7 Å². The first-order valence-corrected chi connectivity index (χ1v) is 7.86. The second-order valence-electron chi connectivity index (χ2n) is 7.58. The summed E-state index contributed by atoms with van der Waals surface area (Å²) in [5, 5.41) is 10.7. The summed E-state index contributed by atoms with van der Waals surface area (Å²) in [7, 11) is 0. The summed E-state index contributed by atoms with van der Waals surface area (Å²) in [6.07, 6.45) is -2.02. The third-order valence-corrected chi connectivity index (χ3v) is 2.80. The van der Waals surface area contributed by atoms with Gasteiger partial charge in [-0.25, -0.2) is 18.9 Å². The molecular weight excluding hydrogens is 347 g/mol. The maximum atomic E-state index is 14.1. The van der Waals surface area contributed by atoms with Crippen molar-refractivity contribution >= 4 is 17.9 Å². The molecule has 26 heavy (non-hydrogen) atoms. The number of non-ortho nitro benzene ring substituents is 1. The van der Waals surface area contributed by atoms with Crippen LogP contribution in [-0.2, 0) is 16.0 Å². The Morgan fingerprint density at radius 1 is 1.08 bits per heavy atom. The molecule has 0 aliphatic heterocycles. The third kappa shape index (κ3) is 6.66. The Morgan fingerprint density at radius 2 is 1.54 bits per heavy atom. The van der Waals surface area contributed by atoms with E-state index < -0.39 is 46.4 Å². The van der Waals surface area contributed by atoms with Gasteiger partial charge in [-0.1, -0.05) is 0 Å². The Labute approximate surface area is 151 Å². The summed E-state index contributed by atoms with van der Waals surface area (Å²) in [5.74, 6) is -0.920. The van der Waals surface area contributed by atoms with Crippen LogP contribution in [0.15, 0.2) is 18.2 Å². The van der Waals surface area contributed by atoms with Crippen LogP contribution in [0.3, 0.4) is 0 Å². The smallest absolute Gasteiger partial charge is 0.420 e. The zero-order chi connectivity index (χ0) is 20.3. The van der Waals surface area contributed by atoms with Crippen molar-refractivity contribution in [3.8, 4) is 0 Å². The van der Waals surface area contributed by atoms with Gasteiger partial charge in [0.25, 0.3) is 5.69 Å². The summed E-state index contributed by atoms with van der Waals surface area (Å²) < 4.78 is 24.5. The van der Waals surface area contributed by atoms with Crippen molar-refractivity contribution in [2.75, 3.05) is 0 Å². The number of imide groups is 1. The number of nitrogens with zero attached hydrogens (tertiary/aromatic N) is 2. The zero-order valence-corrected chi connectivity index (χ0v) is 15.7. The average molecular weight is 370 g/mol. The molecular formula is C17H23FN2O6. The molecule has 8 nitrogen and oxygen atoms in total. The molecule has 1 aromatic carbocycles. The van der Waals surface area contributed by atoms with E-state index in [2.05, 4.69) is 0 Å². The van der Waals surface area contributed by atoms with Crippen molar-refractivity contribution < 1.29 is 28.4 Å². The molecule has 0 aromatic heterocycles. The lowest BCUT2D eigenvalue weighted by molar-refractivity contribution is -0.385. The van der Waals surface area contributed by atoms with Gasteiger partial charge in [0, 0.05) is 11.6 Å². The van der Waals surface area contributed by atoms with Crippen molar-refractivity contribution in [2.24, 2.45) is 0 Å². The molecule has 0 fully saturated rings. The number of carbonyl (C=O) groups excluding carboxylic acids is 2. The molecule has 0 radical (unpaired) electrons. The summed E-state index contributed by atoms with van der Waals surface area (Å²) in [6, 6.07) is 2.94. The number of carbonyl (C=O) groups is 2. The van der Waals surface area contributed by atoms with E-state index in [4.69, 9.17) is 9.47 Å². The van der Waals surface area contributed by atoms with Crippen LogP contribution in [0.2, 0.25) is 0 Å². The van der Waals surface area contributed by atoms with Gasteiger partial charge in [-0.2, -0.15) is 0 Å².